The van der Waals surface area contributed by atoms with Crippen LogP contribution in [-0.4, -0.2) is 63.8 Å². The fraction of sp³-hybridized carbons (Fsp3) is 0.412. The number of amides is 1. The third kappa shape index (κ3) is 5.78. The highest BCUT2D eigenvalue weighted by molar-refractivity contribution is 6.33. The number of rotatable bonds is 8. The highest BCUT2D eigenvalue weighted by Gasteiger charge is 2.29. The lowest BCUT2D eigenvalue weighted by atomic mass is 9.93. The van der Waals surface area contributed by atoms with Crippen molar-refractivity contribution in [2.45, 2.75) is 58.4 Å². The Morgan fingerprint density at radius 1 is 1.07 bits per heavy atom. The zero-order valence-corrected chi connectivity index (χ0v) is 27.0. The van der Waals surface area contributed by atoms with Crippen LogP contribution in [0.1, 0.15) is 59.4 Å². The summed E-state index contributed by atoms with van der Waals surface area (Å²) in [4.78, 5) is 27.8. The van der Waals surface area contributed by atoms with Gasteiger partial charge in [0.2, 0.25) is 5.95 Å². The van der Waals surface area contributed by atoms with Gasteiger partial charge in [0.05, 0.1) is 22.1 Å². The number of hydrogen-bond donors (Lipinski definition) is 2. The van der Waals surface area contributed by atoms with Gasteiger partial charge in [-0.3, -0.25) is 9.48 Å². The summed E-state index contributed by atoms with van der Waals surface area (Å²) in [6.07, 6.45) is 7.25. The summed E-state index contributed by atoms with van der Waals surface area (Å²) < 4.78 is 1.77. The predicted molar refractivity (Wildman–Crippen MR) is 178 cm³/mol. The summed E-state index contributed by atoms with van der Waals surface area (Å²) in [5.41, 5.74) is 9.05. The Labute approximate surface area is 264 Å². The molecular formula is C34H41ClN8O. The lowest BCUT2D eigenvalue weighted by molar-refractivity contribution is 0.102. The summed E-state index contributed by atoms with van der Waals surface area (Å²) in [7, 11) is 6.18. The summed E-state index contributed by atoms with van der Waals surface area (Å²) in [6.45, 7) is 6.23. The molecule has 2 N–H and O–H groups in total. The maximum atomic E-state index is 13.6. The molecule has 0 saturated carbocycles. The number of anilines is 4. The number of aromatic nitrogens is 4. The minimum atomic E-state index is -0.189. The third-order valence-electron chi connectivity index (χ3n) is 9.09. The molecule has 44 heavy (non-hydrogen) atoms. The molecule has 0 spiro atoms. The average Bonchev–Trinajstić information content (AvgIpc) is 3.38. The molecule has 1 fully saturated rings. The van der Waals surface area contributed by atoms with Gasteiger partial charge in [0.25, 0.3) is 5.91 Å². The monoisotopic (exact) mass is 612 g/mol. The smallest absolute Gasteiger partial charge is 0.276 e. The van der Waals surface area contributed by atoms with E-state index in [2.05, 4.69) is 82.7 Å². The number of hydrogen-bond acceptors (Lipinski definition) is 7. The fourth-order valence-electron chi connectivity index (χ4n) is 6.54. The fourth-order valence-corrected chi connectivity index (χ4v) is 6.76. The van der Waals surface area contributed by atoms with Crippen LogP contribution in [0.3, 0.4) is 0 Å². The van der Waals surface area contributed by atoms with Gasteiger partial charge < -0.3 is 20.4 Å². The van der Waals surface area contributed by atoms with Crippen molar-refractivity contribution < 1.29 is 4.79 Å². The number of para-hydroxylation sites is 1. The first kappa shape index (κ1) is 30.1. The van der Waals surface area contributed by atoms with Gasteiger partial charge in [-0.05, 0) is 87.5 Å². The van der Waals surface area contributed by atoms with Crippen molar-refractivity contribution in [2.75, 3.05) is 42.7 Å². The molecule has 0 unspecified atom stereocenters. The van der Waals surface area contributed by atoms with Crippen molar-refractivity contribution in [2.24, 2.45) is 7.05 Å². The molecule has 2 aromatic carbocycles. The Bertz CT molecular complexity index is 1670. The Morgan fingerprint density at radius 3 is 2.45 bits per heavy atom. The number of aryl methyl sites for hydroxylation is 4. The zero-order valence-electron chi connectivity index (χ0n) is 26.2. The van der Waals surface area contributed by atoms with E-state index in [4.69, 9.17) is 16.6 Å². The molecule has 6 rings (SSSR count). The van der Waals surface area contributed by atoms with Crippen molar-refractivity contribution in [3.8, 4) is 11.4 Å². The van der Waals surface area contributed by atoms with Crippen molar-refractivity contribution in [1.29, 1.82) is 0 Å². The zero-order chi connectivity index (χ0) is 31.0. The molecule has 0 atom stereocenters. The molecular weight excluding hydrogens is 572 g/mol. The van der Waals surface area contributed by atoms with E-state index >= 15 is 0 Å². The Kier molecular flexibility index (Phi) is 8.60. The summed E-state index contributed by atoms with van der Waals surface area (Å²) in [5, 5.41) is 11.8. The normalized spacial score (nSPS) is 14.8. The molecule has 1 amide bonds. The molecule has 0 bridgehead atoms. The predicted octanol–water partition coefficient (Wildman–Crippen LogP) is 6.28. The lowest BCUT2D eigenvalue weighted by Gasteiger charge is -2.36. The molecule has 9 nitrogen and oxygen atoms in total. The molecule has 1 aliphatic carbocycles. The minimum absolute atomic E-state index is 0.189. The van der Waals surface area contributed by atoms with Gasteiger partial charge in [0.15, 0.2) is 5.69 Å². The van der Waals surface area contributed by atoms with Crippen LogP contribution in [0.25, 0.3) is 11.4 Å². The Balaban J connectivity index is 1.23. The van der Waals surface area contributed by atoms with Crippen molar-refractivity contribution in [1.82, 2.24) is 24.6 Å². The number of piperidine rings is 1. The lowest BCUT2D eigenvalue weighted by Crippen LogP contribution is -2.41. The van der Waals surface area contributed by atoms with Gasteiger partial charge in [-0.1, -0.05) is 43.6 Å². The molecule has 4 aromatic rings. The third-order valence-corrected chi connectivity index (χ3v) is 9.40. The molecule has 3 heterocycles. The minimum Gasteiger partial charge on any atom is -0.371 e. The van der Waals surface area contributed by atoms with Crippen LogP contribution in [0, 0.1) is 0 Å². The molecule has 1 aliphatic heterocycles. The average molecular weight is 613 g/mol. The first-order chi connectivity index (χ1) is 21.3. The Morgan fingerprint density at radius 2 is 1.80 bits per heavy atom. The van der Waals surface area contributed by atoms with E-state index in [0.29, 0.717) is 29.1 Å². The van der Waals surface area contributed by atoms with Crippen LogP contribution < -0.4 is 15.5 Å². The van der Waals surface area contributed by atoms with Gasteiger partial charge in [-0.2, -0.15) is 5.10 Å². The first-order valence-corrected chi connectivity index (χ1v) is 16.0. The molecule has 2 aliphatic rings. The van der Waals surface area contributed by atoms with Crippen LogP contribution in [0.2, 0.25) is 5.02 Å². The number of nitrogens with zero attached hydrogens (tertiary/aromatic N) is 6. The van der Waals surface area contributed by atoms with E-state index in [1.165, 1.54) is 0 Å². The number of nitrogens with one attached hydrogen (secondary N) is 2. The second kappa shape index (κ2) is 12.6. The Hall–Kier alpha value is -3.95. The van der Waals surface area contributed by atoms with Gasteiger partial charge >= 0.3 is 0 Å². The maximum Gasteiger partial charge on any atom is 0.276 e. The topological polar surface area (TPSA) is 91.2 Å². The molecule has 2 aromatic heterocycles. The number of benzene rings is 2. The van der Waals surface area contributed by atoms with Crippen LogP contribution in [0.15, 0.2) is 42.6 Å². The standard InChI is InChI=1S/C34H41ClN8O/c1-6-21-9-8-10-22(7-2)29(21)38-33(44)31-26-13-11-23-20-36-34(39-30(23)32(26)42(5)40-31)37-28-14-12-25(19-27(28)35)43-17-15-24(16-18-43)41(3)4/h8-10,12,14,19-20,24H,6-7,11,13,15-18H2,1-5H3,(H,38,44)(H,36,37,39). The van der Waals surface area contributed by atoms with Crippen molar-refractivity contribution in [3.05, 3.63) is 75.6 Å². The van der Waals surface area contributed by atoms with Crippen molar-refractivity contribution >= 4 is 40.5 Å². The van der Waals surface area contributed by atoms with Crippen LogP contribution in [-0.2, 0) is 32.7 Å². The molecule has 230 valence electrons. The number of carbonyl (C=O) groups is 1. The SMILES string of the molecule is CCc1cccc(CC)c1NC(=O)c1nn(C)c2c1CCc1cnc(Nc3ccc(N4CCC(N(C)C)CC4)cc3Cl)nc1-2. The van der Waals surface area contributed by atoms with E-state index in [-0.39, 0.29) is 5.91 Å². The number of halogens is 1. The van der Waals surface area contributed by atoms with Crippen LogP contribution >= 0.6 is 11.6 Å². The van der Waals surface area contributed by atoms with E-state index in [9.17, 15) is 4.79 Å². The summed E-state index contributed by atoms with van der Waals surface area (Å²) in [6, 6.07) is 12.9. The van der Waals surface area contributed by atoms with Crippen molar-refractivity contribution in [3.63, 3.8) is 0 Å². The van der Waals surface area contributed by atoms with E-state index in [0.717, 1.165) is 95.9 Å². The second-order valence-corrected chi connectivity index (χ2v) is 12.4. The highest BCUT2D eigenvalue weighted by atomic mass is 35.5. The van der Waals surface area contributed by atoms with Gasteiger partial charge in [0, 0.05) is 49.3 Å². The number of fused-ring (bicyclic) bond motifs is 3. The maximum absolute atomic E-state index is 13.6. The second-order valence-electron chi connectivity index (χ2n) is 12.0. The molecule has 0 radical (unpaired) electrons. The first-order valence-electron chi connectivity index (χ1n) is 15.6. The quantitative estimate of drug-likeness (QED) is 0.242. The van der Waals surface area contributed by atoms with E-state index in [1.807, 2.05) is 25.4 Å². The molecule has 1 saturated heterocycles. The highest BCUT2D eigenvalue weighted by Crippen LogP contribution is 2.36. The summed E-state index contributed by atoms with van der Waals surface area (Å²) >= 11 is 6.76. The van der Waals surface area contributed by atoms with Gasteiger partial charge in [0.1, 0.15) is 0 Å². The molecule has 10 heteroatoms. The van der Waals surface area contributed by atoms with Gasteiger partial charge in [-0.25, -0.2) is 9.97 Å². The van der Waals surface area contributed by atoms with Crippen LogP contribution in [0.4, 0.5) is 23.0 Å². The van der Waals surface area contributed by atoms with Crippen LogP contribution in [0.5, 0.6) is 0 Å². The number of carbonyl (C=O) groups excluding carboxylic acids is 1. The summed E-state index contributed by atoms with van der Waals surface area (Å²) in [5.74, 6) is 0.265. The largest absolute Gasteiger partial charge is 0.371 e. The van der Waals surface area contributed by atoms with E-state index < -0.39 is 0 Å². The van der Waals surface area contributed by atoms with Gasteiger partial charge in [-0.15, -0.1) is 0 Å². The van der Waals surface area contributed by atoms with E-state index in [1.54, 1.807) is 4.68 Å².